The van der Waals surface area contributed by atoms with Crippen LogP contribution in [0.3, 0.4) is 0 Å². The lowest BCUT2D eigenvalue weighted by Gasteiger charge is -2.13. The van der Waals surface area contributed by atoms with Gasteiger partial charge in [-0.25, -0.2) is 9.97 Å². The summed E-state index contributed by atoms with van der Waals surface area (Å²) < 4.78 is 0. The molecule has 0 radical (unpaired) electrons. The smallest absolute Gasteiger partial charge is 0.353 e. The van der Waals surface area contributed by atoms with E-state index < -0.39 is 4.92 Å². The largest absolute Gasteiger partial charge is 0.362 e. The van der Waals surface area contributed by atoms with Crippen LogP contribution in [0.25, 0.3) is 0 Å². The molecule has 8 heteroatoms. The van der Waals surface area contributed by atoms with Crippen LogP contribution in [0, 0.1) is 10.1 Å². The van der Waals surface area contributed by atoms with Gasteiger partial charge >= 0.3 is 5.69 Å². The highest BCUT2D eigenvalue weighted by Gasteiger charge is 2.23. The van der Waals surface area contributed by atoms with Crippen LogP contribution < -0.4 is 10.6 Å². The normalized spacial score (nSPS) is 11.7. The number of nitrogens with zero attached hydrogens (tertiary/aromatic N) is 4. The number of pyridine rings is 1. The molecule has 0 bridgehead atoms. The van der Waals surface area contributed by atoms with Crippen molar-refractivity contribution in [1.29, 1.82) is 0 Å². The highest BCUT2D eigenvalue weighted by atomic mass is 16.6. The average Bonchev–Trinajstić information content (AvgIpc) is 2.53. The molecule has 22 heavy (non-hydrogen) atoms. The van der Waals surface area contributed by atoms with E-state index in [1.165, 1.54) is 6.33 Å². The van der Waals surface area contributed by atoms with E-state index in [4.69, 9.17) is 0 Å². The van der Waals surface area contributed by atoms with Gasteiger partial charge in [-0.3, -0.25) is 15.1 Å². The van der Waals surface area contributed by atoms with Crippen LogP contribution in [-0.4, -0.2) is 25.9 Å². The minimum Gasteiger partial charge on any atom is -0.362 e. The van der Waals surface area contributed by atoms with Crippen molar-refractivity contribution >= 4 is 17.3 Å². The Hall–Kier alpha value is -2.77. The first kappa shape index (κ1) is 15.6. The molecule has 2 N–H and O–H groups in total. The molecule has 0 fully saturated rings. The lowest BCUT2D eigenvalue weighted by molar-refractivity contribution is -0.383. The third kappa shape index (κ3) is 3.87. The maximum Gasteiger partial charge on any atom is 0.353 e. The van der Waals surface area contributed by atoms with Crippen molar-refractivity contribution in [3.8, 4) is 0 Å². The second-order valence-corrected chi connectivity index (χ2v) is 4.85. The molecule has 0 aromatic carbocycles. The quantitative estimate of drug-likeness (QED) is 0.598. The zero-order valence-electron chi connectivity index (χ0n) is 12.5. The summed E-state index contributed by atoms with van der Waals surface area (Å²) in [6.07, 6.45) is 5.51. The summed E-state index contributed by atoms with van der Waals surface area (Å²) >= 11 is 0. The predicted octanol–water partition coefficient (Wildman–Crippen LogP) is 2.60. The fourth-order valence-corrected chi connectivity index (χ4v) is 1.81. The van der Waals surface area contributed by atoms with Crippen molar-refractivity contribution in [2.75, 3.05) is 10.6 Å². The fraction of sp³-hybridized carbons (Fsp3) is 0.357. The van der Waals surface area contributed by atoms with Crippen LogP contribution in [0.1, 0.15) is 25.8 Å². The van der Waals surface area contributed by atoms with Gasteiger partial charge in [-0.2, -0.15) is 0 Å². The summed E-state index contributed by atoms with van der Waals surface area (Å²) in [5, 5.41) is 17.4. The van der Waals surface area contributed by atoms with Gasteiger partial charge in [0.25, 0.3) is 0 Å². The number of hydrogen-bond acceptors (Lipinski definition) is 7. The second-order valence-electron chi connectivity index (χ2n) is 4.85. The van der Waals surface area contributed by atoms with Crippen molar-refractivity contribution in [2.45, 2.75) is 32.9 Å². The Bertz CT molecular complexity index is 634. The van der Waals surface area contributed by atoms with Crippen LogP contribution in [0.5, 0.6) is 0 Å². The van der Waals surface area contributed by atoms with Gasteiger partial charge in [0.1, 0.15) is 6.33 Å². The molecule has 2 aromatic rings. The number of hydrogen-bond donors (Lipinski definition) is 2. The molecular formula is C14H18N6O2. The average molecular weight is 302 g/mol. The van der Waals surface area contributed by atoms with Gasteiger partial charge in [-0.05, 0) is 25.0 Å². The van der Waals surface area contributed by atoms with Crippen LogP contribution in [0.4, 0.5) is 17.3 Å². The van der Waals surface area contributed by atoms with Crippen molar-refractivity contribution in [2.24, 2.45) is 0 Å². The van der Waals surface area contributed by atoms with Crippen LogP contribution in [-0.2, 0) is 6.54 Å². The zero-order chi connectivity index (χ0) is 15.9. The summed E-state index contributed by atoms with van der Waals surface area (Å²) in [6, 6.07) is 3.77. The zero-order valence-corrected chi connectivity index (χ0v) is 12.5. The van der Waals surface area contributed by atoms with Gasteiger partial charge in [0, 0.05) is 25.0 Å². The van der Waals surface area contributed by atoms with Gasteiger partial charge in [0.2, 0.25) is 11.6 Å². The standard InChI is InChI=1S/C14H18N6O2/c1-3-10(2)19-14-12(20(21)22)13(17-9-18-14)16-8-11-5-4-6-15-7-11/h4-7,9-10H,3,8H2,1-2H3,(H2,16,17,18,19). The predicted molar refractivity (Wildman–Crippen MR) is 83.6 cm³/mol. The van der Waals surface area contributed by atoms with E-state index in [-0.39, 0.29) is 23.4 Å². The summed E-state index contributed by atoms with van der Waals surface area (Å²) in [5.74, 6) is 0.415. The molecule has 2 heterocycles. The Morgan fingerprint density at radius 3 is 2.77 bits per heavy atom. The van der Waals surface area contributed by atoms with Crippen LogP contribution in [0.15, 0.2) is 30.9 Å². The summed E-state index contributed by atoms with van der Waals surface area (Å²) in [7, 11) is 0. The summed E-state index contributed by atoms with van der Waals surface area (Å²) in [6.45, 7) is 4.33. The third-order valence-corrected chi connectivity index (χ3v) is 3.18. The van der Waals surface area contributed by atoms with E-state index in [1.807, 2.05) is 19.9 Å². The summed E-state index contributed by atoms with van der Waals surface area (Å²) in [4.78, 5) is 22.9. The first-order chi connectivity index (χ1) is 10.6. The molecule has 0 saturated carbocycles. The first-order valence-electron chi connectivity index (χ1n) is 7.00. The molecule has 1 atom stereocenters. The lowest BCUT2D eigenvalue weighted by atomic mass is 10.2. The SMILES string of the molecule is CCC(C)Nc1ncnc(NCc2cccnc2)c1[N+](=O)[O-]. The first-order valence-corrected chi connectivity index (χ1v) is 7.00. The van der Waals surface area contributed by atoms with Crippen molar-refractivity contribution in [3.63, 3.8) is 0 Å². The van der Waals surface area contributed by atoms with Crippen molar-refractivity contribution in [3.05, 3.63) is 46.5 Å². The van der Waals surface area contributed by atoms with Crippen molar-refractivity contribution in [1.82, 2.24) is 15.0 Å². The Kier molecular flexibility index (Phi) is 5.18. The Balaban J connectivity index is 2.23. The van der Waals surface area contributed by atoms with Crippen LogP contribution in [0.2, 0.25) is 0 Å². The Labute approximate surface area is 128 Å². The van der Waals surface area contributed by atoms with Gasteiger partial charge in [-0.15, -0.1) is 0 Å². The number of nitrogens with one attached hydrogen (secondary N) is 2. The van der Waals surface area contributed by atoms with Crippen molar-refractivity contribution < 1.29 is 4.92 Å². The molecule has 116 valence electrons. The van der Waals surface area contributed by atoms with Gasteiger partial charge in [-0.1, -0.05) is 13.0 Å². The molecular weight excluding hydrogens is 284 g/mol. The molecule has 0 aliphatic heterocycles. The highest BCUT2D eigenvalue weighted by Crippen LogP contribution is 2.29. The number of anilines is 2. The molecule has 0 saturated heterocycles. The summed E-state index contributed by atoms with van der Waals surface area (Å²) in [5.41, 5.74) is 0.763. The van der Waals surface area contributed by atoms with Gasteiger partial charge < -0.3 is 10.6 Å². The van der Waals surface area contributed by atoms with E-state index >= 15 is 0 Å². The molecule has 2 aromatic heterocycles. The van der Waals surface area contributed by atoms with E-state index in [0.29, 0.717) is 6.54 Å². The number of aromatic nitrogens is 3. The van der Waals surface area contributed by atoms with E-state index in [1.54, 1.807) is 18.5 Å². The molecule has 0 aliphatic rings. The van der Waals surface area contributed by atoms with Gasteiger partial charge in [0.15, 0.2) is 0 Å². The lowest BCUT2D eigenvalue weighted by Crippen LogP contribution is -2.17. The van der Waals surface area contributed by atoms with Crippen LogP contribution >= 0.6 is 0 Å². The number of rotatable bonds is 7. The molecule has 2 rings (SSSR count). The van der Waals surface area contributed by atoms with Gasteiger partial charge in [0.05, 0.1) is 4.92 Å². The topological polar surface area (TPSA) is 106 Å². The van der Waals surface area contributed by atoms with E-state index in [2.05, 4.69) is 25.6 Å². The Morgan fingerprint density at radius 1 is 1.36 bits per heavy atom. The molecule has 8 nitrogen and oxygen atoms in total. The minimum absolute atomic E-state index is 0.0831. The Morgan fingerprint density at radius 2 is 2.14 bits per heavy atom. The third-order valence-electron chi connectivity index (χ3n) is 3.18. The van der Waals surface area contributed by atoms with E-state index in [9.17, 15) is 10.1 Å². The maximum absolute atomic E-state index is 11.4. The molecule has 0 aliphatic carbocycles. The minimum atomic E-state index is -0.476. The number of nitro groups is 1. The van der Waals surface area contributed by atoms with E-state index in [0.717, 1.165) is 12.0 Å². The highest BCUT2D eigenvalue weighted by molar-refractivity contribution is 5.69. The molecule has 1 unspecified atom stereocenters. The second kappa shape index (κ2) is 7.30. The molecule has 0 amide bonds. The fourth-order valence-electron chi connectivity index (χ4n) is 1.81. The maximum atomic E-state index is 11.4. The molecule has 0 spiro atoms. The monoisotopic (exact) mass is 302 g/mol.